The van der Waals surface area contributed by atoms with Gasteiger partial charge in [0, 0.05) is 11.1 Å². The van der Waals surface area contributed by atoms with E-state index in [1.807, 2.05) is 18.2 Å². The van der Waals surface area contributed by atoms with Gasteiger partial charge in [-0.1, -0.05) is 24.0 Å². The Morgan fingerprint density at radius 2 is 1.72 bits per heavy atom. The van der Waals surface area contributed by atoms with E-state index < -0.39 is 17.5 Å². The third-order valence-corrected chi connectivity index (χ3v) is 4.65. The summed E-state index contributed by atoms with van der Waals surface area (Å²) >= 11 is 0. The molecule has 1 aliphatic carbocycles. The summed E-state index contributed by atoms with van der Waals surface area (Å²) in [7, 11) is 0. The zero-order valence-electron chi connectivity index (χ0n) is 13.9. The Bertz CT molecular complexity index is 832. The molecule has 0 aromatic heterocycles. The van der Waals surface area contributed by atoms with Crippen LogP contribution < -0.4 is 0 Å². The van der Waals surface area contributed by atoms with Crippen molar-refractivity contribution < 1.29 is 13.2 Å². The molecule has 0 heterocycles. The molecular weight excluding hydrogens is 321 g/mol. The highest BCUT2D eigenvalue weighted by Gasteiger charge is 2.18. The summed E-state index contributed by atoms with van der Waals surface area (Å²) in [5.74, 6) is 2.41. The molecule has 0 aliphatic heterocycles. The van der Waals surface area contributed by atoms with Crippen LogP contribution in [0.1, 0.15) is 41.5 Å². The summed E-state index contributed by atoms with van der Waals surface area (Å²) in [4.78, 5) is 0. The van der Waals surface area contributed by atoms with Gasteiger partial charge >= 0.3 is 0 Å². The third kappa shape index (κ3) is 4.14. The fourth-order valence-corrected chi connectivity index (χ4v) is 3.28. The number of hydrogen-bond acceptors (Lipinski definition) is 0. The van der Waals surface area contributed by atoms with Crippen LogP contribution >= 0.6 is 0 Å². The van der Waals surface area contributed by atoms with Gasteiger partial charge < -0.3 is 0 Å². The first-order valence-corrected chi connectivity index (χ1v) is 8.46. The van der Waals surface area contributed by atoms with E-state index in [4.69, 9.17) is 0 Å². The minimum Gasteiger partial charge on any atom is -0.204 e. The topological polar surface area (TPSA) is 0 Å². The number of fused-ring (bicyclic) bond motifs is 1. The van der Waals surface area contributed by atoms with Crippen LogP contribution in [0.5, 0.6) is 0 Å². The van der Waals surface area contributed by atoms with E-state index in [2.05, 4.69) is 24.5 Å². The molecule has 0 saturated heterocycles. The molecule has 0 bridgehead atoms. The molecule has 25 heavy (non-hydrogen) atoms. The molecule has 2 aromatic rings. The van der Waals surface area contributed by atoms with Gasteiger partial charge in [-0.3, -0.25) is 0 Å². The lowest BCUT2D eigenvalue weighted by molar-refractivity contribution is 0.430. The molecule has 0 N–H and O–H groups in total. The van der Waals surface area contributed by atoms with Crippen LogP contribution in [0.2, 0.25) is 0 Å². The fraction of sp³-hybridized carbons (Fsp3) is 0.273. The predicted molar refractivity (Wildman–Crippen MR) is 93.7 cm³/mol. The van der Waals surface area contributed by atoms with E-state index in [1.165, 1.54) is 17.5 Å². The van der Waals surface area contributed by atoms with Gasteiger partial charge in [-0.25, -0.2) is 13.2 Å². The highest BCUT2D eigenvalue weighted by Crippen LogP contribution is 2.29. The number of hydrogen-bond donors (Lipinski definition) is 0. The Hall–Kier alpha value is -2.47. The number of rotatable bonds is 3. The number of aryl methyl sites for hydroxylation is 1. The third-order valence-electron chi connectivity index (χ3n) is 4.65. The number of halogens is 3. The Morgan fingerprint density at radius 3 is 2.44 bits per heavy atom. The van der Waals surface area contributed by atoms with Gasteiger partial charge in [-0.05, 0) is 73.4 Å². The standard InChI is InChI=1S/C22H19F3/c1-2-3-4-15-7-9-19-12-16(8-10-18(19)11-15)5-6-17-13-20(23)22(25)21(24)14-17/h2,8,10,12-15H,1,3-4,7,9,11H2. The van der Waals surface area contributed by atoms with Gasteiger partial charge in [0.1, 0.15) is 0 Å². The van der Waals surface area contributed by atoms with E-state index in [9.17, 15) is 13.2 Å². The van der Waals surface area contributed by atoms with Crippen molar-refractivity contribution in [3.05, 3.63) is 82.7 Å². The zero-order chi connectivity index (χ0) is 17.8. The van der Waals surface area contributed by atoms with Gasteiger partial charge in [0.2, 0.25) is 0 Å². The first kappa shape index (κ1) is 17.4. The Labute approximate surface area is 146 Å². The summed E-state index contributed by atoms with van der Waals surface area (Å²) in [5.41, 5.74) is 3.56. The smallest absolute Gasteiger partial charge is 0.194 e. The molecule has 3 heteroatoms. The lowest BCUT2D eigenvalue weighted by atomic mass is 9.81. The average Bonchev–Trinajstić information content (AvgIpc) is 2.62. The highest BCUT2D eigenvalue weighted by molar-refractivity contribution is 5.46. The summed E-state index contributed by atoms with van der Waals surface area (Å²) < 4.78 is 39.4. The van der Waals surface area contributed by atoms with Gasteiger partial charge in [-0.2, -0.15) is 0 Å². The summed E-state index contributed by atoms with van der Waals surface area (Å²) in [6.45, 7) is 3.78. The van der Waals surface area contributed by atoms with Crippen molar-refractivity contribution in [3.8, 4) is 11.8 Å². The van der Waals surface area contributed by atoms with Crippen molar-refractivity contribution in [2.75, 3.05) is 0 Å². The Balaban J connectivity index is 1.77. The van der Waals surface area contributed by atoms with E-state index >= 15 is 0 Å². The summed E-state index contributed by atoms with van der Waals surface area (Å²) in [5, 5.41) is 0. The monoisotopic (exact) mass is 340 g/mol. The van der Waals surface area contributed by atoms with E-state index in [0.717, 1.165) is 43.4 Å². The van der Waals surface area contributed by atoms with E-state index in [-0.39, 0.29) is 5.56 Å². The first-order chi connectivity index (χ1) is 12.1. The van der Waals surface area contributed by atoms with Crippen molar-refractivity contribution >= 4 is 0 Å². The van der Waals surface area contributed by atoms with Crippen LogP contribution in [0.4, 0.5) is 13.2 Å². The second-order valence-corrected chi connectivity index (χ2v) is 6.46. The molecule has 1 unspecified atom stereocenters. The summed E-state index contributed by atoms with van der Waals surface area (Å²) in [6.07, 6.45) is 7.44. The maximum atomic E-state index is 13.2. The quantitative estimate of drug-likeness (QED) is 0.389. The molecule has 3 rings (SSSR count). The van der Waals surface area contributed by atoms with Crippen molar-refractivity contribution in [2.24, 2.45) is 5.92 Å². The molecule has 0 spiro atoms. The fourth-order valence-electron chi connectivity index (χ4n) is 3.28. The van der Waals surface area contributed by atoms with Gasteiger partial charge in [0.05, 0.1) is 0 Å². The second-order valence-electron chi connectivity index (χ2n) is 6.46. The molecule has 1 atom stereocenters. The maximum absolute atomic E-state index is 13.2. The molecule has 0 saturated carbocycles. The number of allylic oxidation sites excluding steroid dienone is 1. The highest BCUT2D eigenvalue weighted by atomic mass is 19.2. The van der Waals surface area contributed by atoms with Crippen LogP contribution in [-0.2, 0) is 12.8 Å². The lowest BCUT2D eigenvalue weighted by Gasteiger charge is -2.24. The normalized spacial score (nSPS) is 15.9. The molecule has 0 amide bonds. The average molecular weight is 340 g/mol. The SMILES string of the molecule is C=CCCC1CCc2cc(C#Cc3cc(F)c(F)c(F)c3)ccc2C1. The molecule has 1 aliphatic rings. The second kappa shape index (κ2) is 7.61. The molecule has 2 aromatic carbocycles. The van der Waals surface area contributed by atoms with Gasteiger partial charge in [-0.15, -0.1) is 6.58 Å². The first-order valence-electron chi connectivity index (χ1n) is 8.46. The molecule has 0 fully saturated rings. The van der Waals surface area contributed by atoms with Crippen LogP contribution in [0.3, 0.4) is 0 Å². The molecular formula is C22H19F3. The van der Waals surface area contributed by atoms with Crippen LogP contribution in [-0.4, -0.2) is 0 Å². The lowest BCUT2D eigenvalue weighted by Crippen LogP contribution is -2.14. The van der Waals surface area contributed by atoms with Crippen LogP contribution in [0.25, 0.3) is 0 Å². The molecule has 0 nitrogen and oxygen atoms in total. The largest absolute Gasteiger partial charge is 0.204 e. The van der Waals surface area contributed by atoms with E-state index in [0.29, 0.717) is 5.92 Å². The maximum Gasteiger partial charge on any atom is 0.194 e. The Kier molecular flexibility index (Phi) is 5.28. The van der Waals surface area contributed by atoms with Crippen LogP contribution in [0.15, 0.2) is 43.0 Å². The Morgan fingerprint density at radius 1 is 1.00 bits per heavy atom. The minimum atomic E-state index is -1.47. The van der Waals surface area contributed by atoms with Crippen molar-refractivity contribution in [1.82, 2.24) is 0 Å². The van der Waals surface area contributed by atoms with E-state index in [1.54, 1.807) is 0 Å². The van der Waals surface area contributed by atoms with Gasteiger partial charge in [0.25, 0.3) is 0 Å². The minimum absolute atomic E-state index is 0.124. The van der Waals surface area contributed by atoms with Crippen LogP contribution in [0, 0.1) is 35.2 Å². The van der Waals surface area contributed by atoms with Gasteiger partial charge in [0.15, 0.2) is 17.5 Å². The molecule has 0 radical (unpaired) electrons. The zero-order valence-corrected chi connectivity index (χ0v) is 13.9. The molecule has 128 valence electrons. The number of benzene rings is 2. The predicted octanol–water partition coefficient (Wildman–Crippen LogP) is 5.57. The van der Waals surface area contributed by atoms with Crippen molar-refractivity contribution in [2.45, 2.75) is 32.1 Å². The van der Waals surface area contributed by atoms with Crippen molar-refractivity contribution in [1.29, 1.82) is 0 Å². The van der Waals surface area contributed by atoms with Crippen molar-refractivity contribution in [3.63, 3.8) is 0 Å². The summed E-state index contributed by atoms with van der Waals surface area (Å²) in [6, 6.07) is 7.88.